The molecule has 8 heteroatoms. The molecule has 0 heterocycles. The standard InChI is InChI=1S/C17H15F3N2O3/c18-17(19,20)12-3-1-2-11(8-12)9-16(24)22-13-4-6-14(7-5-13)25-10-15(21)23/h1-8H,9-10H2,(H2,21,23)(H,22,24). The first-order chi connectivity index (χ1) is 11.7. The maximum atomic E-state index is 12.7. The van der Waals surface area contributed by atoms with Crippen molar-refractivity contribution in [3.8, 4) is 5.75 Å². The summed E-state index contributed by atoms with van der Waals surface area (Å²) in [5.74, 6) is -0.668. The summed E-state index contributed by atoms with van der Waals surface area (Å²) in [7, 11) is 0. The molecule has 0 saturated heterocycles. The van der Waals surface area contributed by atoms with Crippen molar-refractivity contribution in [3.63, 3.8) is 0 Å². The van der Waals surface area contributed by atoms with Crippen LogP contribution < -0.4 is 15.8 Å². The minimum Gasteiger partial charge on any atom is -0.484 e. The van der Waals surface area contributed by atoms with Crippen molar-refractivity contribution in [2.45, 2.75) is 12.6 Å². The van der Waals surface area contributed by atoms with Crippen LogP contribution in [0.5, 0.6) is 5.75 Å². The molecule has 3 N–H and O–H groups in total. The monoisotopic (exact) mass is 352 g/mol. The zero-order valence-electron chi connectivity index (χ0n) is 13.0. The van der Waals surface area contributed by atoms with Crippen LogP contribution in [0, 0.1) is 0 Å². The van der Waals surface area contributed by atoms with Crippen molar-refractivity contribution in [1.29, 1.82) is 0 Å². The first-order valence-electron chi connectivity index (χ1n) is 7.21. The fraction of sp³-hybridized carbons (Fsp3) is 0.176. The highest BCUT2D eigenvalue weighted by atomic mass is 19.4. The molecular weight excluding hydrogens is 337 g/mol. The van der Waals surface area contributed by atoms with Gasteiger partial charge in [-0.05, 0) is 35.9 Å². The van der Waals surface area contributed by atoms with Gasteiger partial charge >= 0.3 is 6.18 Å². The summed E-state index contributed by atoms with van der Waals surface area (Å²) in [4.78, 5) is 22.6. The minimum absolute atomic E-state index is 0.191. The van der Waals surface area contributed by atoms with Gasteiger partial charge in [0.05, 0.1) is 12.0 Å². The lowest BCUT2D eigenvalue weighted by atomic mass is 10.1. The van der Waals surface area contributed by atoms with Gasteiger partial charge in [0.1, 0.15) is 5.75 Å². The fourth-order valence-corrected chi connectivity index (χ4v) is 2.04. The zero-order valence-corrected chi connectivity index (χ0v) is 13.0. The molecule has 0 unspecified atom stereocenters. The first kappa shape index (κ1) is 18.3. The van der Waals surface area contributed by atoms with Crippen molar-refractivity contribution < 1.29 is 27.5 Å². The molecule has 0 bridgehead atoms. The van der Waals surface area contributed by atoms with E-state index in [1.165, 1.54) is 24.3 Å². The van der Waals surface area contributed by atoms with Crippen molar-refractivity contribution >= 4 is 17.5 Å². The molecule has 5 nitrogen and oxygen atoms in total. The number of primary amides is 1. The van der Waals surface area contributed by atoms with Gasteiger partial charge in [-0.1, -0.05) is 18.2 Å². The molecule has 25 heavy (non-hydrogen) atoms. The molecule has 0 saturated carbocycles. The zero-order chi connectivity index (χ0) is 18.4. The second-order valence-corrected chi connectivity index (χ2v) is 5.20. The van der Waals surface area contributed by atoms with Gasteiger partial charge in [-0.25, -0.2) is 0 Å². The van der Waals surface area contributed by atoms with E-state index >= 15 is 0 Å². The third-order valence-corrected chi connectivity index (χ3v) is 3.14. The van der Waals surface area contributed by atoms with E-state index in [0.29, 0.717) is 11.4 Å². The number of hydrogen-bond acceptors (Lipinski definition) is 3. The molecule has 0 fully saturated rings. The molecule has 0 aromatic heterocycles. The average Bonchev–Trinajstić information content (AvgIpc) is 2.53. The Bertz CT molecular complexity index is 758. The highest BCUT2D eigenvalue weighted by Gasteiger charge is 2.30. The molecule has 2 aromatic carbocycles. The van der Waals surface area contributed by atoms with Crippen molar-refractivity contribution in [3.05, 3.63) is 59.7 Å². The number of amides is 2. The summed E-state index contributed by atoms with van der Waals surface area (Å²) in [5.41, 5.74) is 4.86. The summed E-state index contributed by atoms with van der Waals surface area (Å²) in [6.07, 6.45) is -4.64. The second-order valence-electron chi connectivity index (χ2n) is 5.20. The van der Waals surface area contributed by atoms with E-state index in [1.807, 2.05) is 0 Å². The lowest BCUT2D eigenvalue weighted by Gasteiger charge is -2.10. The molecule has 2 rings (SSSR count). The quantitative estimate of drug-likeness (QED) is 0.839. The Morgan fingerprint density at radius 2 is 1.76 bits per heavy atom. The summed E-state index contributed by atoms with van der Waals surface area (Å²) in [5, 5.41) is 2.57. The van der Waals surface area contributed by atoms with Crippen LogP contribution in [0.3, 0.4) is 0 Å². The van der Waals surface area contributed by atoms with Crippen LogP contribution in [-0.2, 0) is 22.2 Å². The van der Waals surface area contributed by atoms with Gasteiger partial charge in [0.25, 0.3) is 5.91 Å². The number of rotatable bonds is 6. The molecule has 0 atom stereocenters. The van der Waals surface area contributed by atoms with Crippen LogP contribution in [0.15, 0.2) is 48.5 Å². The normalized spacial score (nSPS) is 11.0. The number of carbonyl (C=O) groups is 2. The number of anilines is 1. The lowest BCUT2D eigenvalue weighted by Crippen LogP contribution is -2.20. The van der Waals surface area contributed by atoms with E-state index in [4.69, 9.17) is 10.5 Å². The number of nitrogens with two attached hydrogens (primary N) is 1. The molecule has 0 radical (unpaired) electrons. The number of halogens is 3. The molecule has 132 valence electrons. The SMILES string of the molecule is NC(=O)COc1ccc(NC(=O)Cc2cccc(C(F)(F)F)c2)cc1. The van der Waals surface area contributed by atoms with Gasteiger partial charge in [-0.15, -0.1) is 0 Å². The van der Waals surface area contributed by atoms with Gasteiger partial charge in [0, 0.05) is 5.69 Å². The highest BCUT2D eigenvalue weighted by Crippen LogP contribution is 2.29. The predicted molar refractivity (Wildman–Crippen MR) is 84.9 cm³/mol. The summed E-state index contributed by atoms with van der Waals surface area (Å²) in [6.45, 7) is -0.263. The summed E-state index contributed by atoms with van der Waals surface area (Å²) in [6, 6.07) is 10.8. The van der Waals surface area contributed by atoms with Gasteiger partial charge in [0.15, 0.2) is 6.61 Å². The number of nitrogens with one attached hydrogen (secondary N) is 1. The van der Waals surface area contributed by atoms with Gasteiger partial charge < -0.3 is 15.8 Å². The molecule has 0 spiro atoms. The highest BCUT2D eigenvalue weighted by molar-refractivity contribution is 5.92. The van der Waals surface area contributed by atoms with Gasteiger partial charge in [-0.2, -0.15) is 13.2 Å². The topological polar surface area (TPSA) is 81.4 Å². The lowest BCUT2D eigenvalue weighted by molar-refractivity contribution is -0.137. The van der Waals surface area contributed by atoms with E-state index in [0.717, 1.165) is 12.1 Å². The first-order valence-corrected chi connectivity index (χ1v) is 7.21. The number of ether oxygens (including phenoxy) is 1. The maximum absolute atomic E-state index is 12.7. The minimum atomic E-state index is -4.45. The predicted octanol–water partition coefficient (Wildman–Crippen LogP) is 2.75. The molecule has 0 aliphatic rings. The molecule has 0 aliphatic carbocycles. The number of alkyl halides is 3. The largest absolute Gasteiger partial charge is 0.484 e. The van der Waals surface area contributed by atoms with Crippen LogP contribution in [0.25, 0.3) is 0 Å². The Hall–Kier alpha value is -3.03. The van der Waals surface area contributed by atoms with E-state index in [2.05, 4.69) is 5.32 Å². The number of benzene rings is 2. The molecule has 2 amide bonds. The third kappa shape index (κ3) is 5.83. The van der Waals surface area contributed by atoms with Crippen LogP contribution in [-0.4, -0.2) is 18.4 Å². The number of carbonyl (C=O) groups excluding carboxylic acids is 2. The van der Waals surface area contributed by atoms with E-state index < -0.39 is 23.6 Å². The Balaban J connectivity index is 1.95. The fourth-order valence-electron chi connectivity index (χ4n) is 2.04. The molecule has 0 aliphatic heterocycles. The molecule has 2 aromatic rings. The summed E-state index contributed by atoms with van der Waals surface area (Å²) >= 11 is 0. The smallest absolute Gasteiger partial charge is 0.416 e. The number of hydrogen-bond donors (Lipinski definition) is 2. The third-order valence-electron chi connectivity index (χ3n) is 3.14. The van der Waals surface area contributed by atoms with Crippen LogP contribution in [0.4, 0.5) is 18.9 Å². The Labute approximate surface area is 141 Å². The Kier molecular flexibility index (Phi) is 5.63. The van der Waals surface area contributed by atoms with Crippen LogP contribution in [0.2, 0.25) is 0 Å². The Morgan fingerprint density at radius 1 is 1.08 bits per heavy atom. The van der Waals surface area contributed by atoms with Crippen molar-refractivity contribution in [2.24, 2.45) is 5.73 Å². The van der Waals surface area contributed by atoms with E-state index in [1.54, 1.807) is 12.1 Å². The molecular formula is C17H15F3N2O3. The maximum Gasteiger partial charge on any atom is 0.416 e. The van der Waals surface area contributed by atoms with Crippen LogP contribution >= 0.6 is 0 Å². The van der Waals surface area contributed by atoms with Crippen molar-refractivity contribution in [1.82, 2.24) is 0 Å². The van der Waals surface area contributed by atoms with Gasteiger partial charge in [-0.3, -0.25) is 9.59 Å². The van der Waals surface area contributed by atoms with Crippen molar-refractivity contribution in [2.75, 3.05) is 11.9 Å². The van der Waals surface area contributed by atoms with E-state index in [9.17, 15) is 22.8 Å². The van der Waals surface area contributed by atoms with Crippen LogP contribution in [0.1, 0.15) is 11.1 Å². The van der Waals surface area contributed by atoms with Gasteiger partial charge in [0.2, 0.25) is 5.91 Å². The average molecular weight is 352 g/mol. The Morgan fingerprint density at radius 3 is 2.36 bits per heavy atom. The summed E-state index contributed by atoms with van der Waals surface area (Å²) < 4.78 is 43.1. The second kappa shape index (κ2) is 7.69. The van der Waals surface area contributed by atoms with E-state index in [-0.39, 0.29) is 18.6 Å².